The number of anilines is 2. The van der Waals surface area contributed by atoms with Crippen LogP contribution in [0.4, 0.5) is 11.4 Å². The maximum Gasteiger partial charge on any atom is 0.254 e. The molecule has 0 aromatic heterocycles. The molecule has 1 aromatic rings. The Labute approximate surface area is 119 Å². The highest BCUT2D eigenvalue weighted by molar-refractivity contribution is 5.96. The summed E-state index contributed by atoms with van der Waals surface area (Å²) in [6, 6.07) is 5.82. The van der Waals surface area contributed by atoms with Gasteiger partial charge in [-0.3, -0.25) is 4.79 Å². The molecular weight excluding hydrogens is 254 g/mol. The summed E-state index contributed by atoms with van der Waals surface area (Å²) in [5, 5.41) is 6.64. The lowest BCUT2D eigenvalue weighted by molar-refractivity contribution is 0.0563. The normalized spacial score (nSPS) is 22.2. The molecule has 3 rings (SSSR count). The van der Waals surface area contributed by atoms with E-state index >= 15 is 0 Å². The quantitative estimate of drug-likeness (QED) is 0.820. The Bertz CT molecular complexity index is 504. The molecule has 0 radical (unpaired) electrons. The van der Waals surface area contributed by atoms with Gasteiger partial charge in [0.2, 0.25) is 0 Å². The second-order valence-corrected chi connectivity index (χ2v) is 5.40. The Hall–Kier alpha value is -1.75. The Morgan fingerprint density at radius 1 is 1.30 bits per heavy atom. The molecule has 1 aromatic carbocycles. The third kappa shape index (κ3) is 2.72. The maximum atomic E-state index is 12.6. The standard InChI is InChI=1S/C15H21N3O2/c1-11-10-18(7-2-8-20-11)15(19)12-3-4-13-14(9-12)17-6-5-16-13/h3-4,9,11,16-17H,2,5-8,10H2,1H3. The summed E-state index contributed by atoms with van der Waals surface area (Å²) < 4.78 is 5.59. The number of hydrogen-bond acceptors (Lipinski definition) is 4. The van der Waals surface area contributed by atoms with Gasteiger partial charge in [-0.2, -0.15) is 0 Å². The number of rotatable bonds is 1. The van der Waals surface area contributed by atoms with Crippen molar-refractivity contribution in [1.29, 1.82) is 0 Å². The zero-order chi connectivity index (χ0) is 13.9. The van der Waals surface area contributed by atoms with E-state index in [-0.39, 0.29) is 12.0 Å². The second kappa shape index (κ2) is 5.71. The second-order valence-electron chi connectivity index (χ2n) is 5.40. The highest BCUT2D eigenvalue weighted by Crippen LogP contribution is 2.26. The van der Waals surface area contributed by atoms with Crippen molar-refractivity contribution in [2.75, 3.05) is 43.4 Å². The van der Waals surface area contributed by atoms with Crippen LogP contribution in [-0.2, 0) is 4.74 Å². The fourth-order valence-corrected chi connectivity index (χ4v) is 2.73. The number of amides is 1. The van der Waals surface area contributed by atoms with E-state index in [0.717, 1.165) is 49.6 Å². The highest BCUT2D eigenvalue weighted by atomic mass is 16.5. The summed E-state index contributed by atoms with van der Waals surface area (Å²) in [7, 11) is 0. The molecule has 2 heterocycles. The molecule has 1 unspecified atom stereocenters. The minimum absolute atomic E-state index is 0.0949. The van der Waals surface area contributed by atoms with Gasteiger partial charge in [0.25, 0.3) is 5.91 Å². The Morgan fingerprint density at radius 3 is 2.95 bits per heavy atom. The third-order valence-corrected chi connectivity index (χ3v) is 3.76. The molecule has 0 aliphatic carbocycles. The van der Waals surface area contributed by atoms with Crippen LogP contribution in [-0.4, -0.2) is 49.7 Å². The number of hydrogen-bond donors (Lipinski definition) is 2. The van der Waals surface area contributed by atoms with E-state index in [1.807, 2.05) is 30.0 Å². The van der Waals surface area contributed by atoms with Gasteiger partial charge in [0, 0.05) is 38.3 Å². The first-order valence-corrected chi connectivity index (χ1v) is 7.27. The largest absolute Gasteiger partial charge is 0.382 e. The van der Waals surface area contributed by atoms with Crippen LogP contribution in [0.15, 0.2) is 18.2 Å². The fourth-order valence-electron chi connectivity index (χ4n) is 2.73. The molecule has 1 fully saturated rings. The number of nitrogens with one attached hydrogen (secondary N) is 2. The minimum Gasteiger partial charge on any atom is -0.382 e. The van der Waals surface area contributed by atoms with Gasteiger partial charge >= 0.3 is 0 Å². The summed E-state index contributed by atoms with van der Waals surface area (Å²) >= 11 is 0. The average molecular weight is 275 g/mol. The molecule has 0 spiro atoms. The van der Waals surface area contributed by atoms with Gasteiger partial charge in [-0.1, -0.05) is 0 Å². The average Bonchev–Trinajstić information content (AvgIpc) is 2.70. The highest BCUT2D eigenvalue weighted by Gasteiger charge is 2.22. The van der Waals surface area contributed by atoms with Crippen molar-refractivity contribution >= 4 is 17.3 Å². The van der Waals surface area contributed by atoms with Gasteiger partial charge < -0.3 is 20.3 Å². The third-order valence-electron chi connectivity index (χ3n) is 3.76. The molecule has 0 bridgehead atoms. The molecular formula is C15H21N3O2. The van der Waals surface area contributed by atoms with Crippen LogP contribution in [0.25, 0.3) is 0 Å². The van der Waals surface area contributed by atoms with Gasteiger partial charge in [0.1, 0.15) is 0 Å². The van der Waals surface area contributed by atoms with E-state index in [1.165, 1.54) is 0 Å². The van der Waals surface area contributed by atoms with E-state index in [2.05, 4.69) is 10.6 Å². The van der Waals surface area contributed by atoms with Crippen molar-refractivity contribution in [3.63, 3.8) is 0 Å². The van der Waals surface area contributed by atoms with Crippen LogP contribution in [0.5, 0.6) is 0 Å². The van der Waals surface area contributed by atoms with Crippen LogP contribution in [0, 0.1) is 0 Å². The lowest BCUT2D eigenvalue weighted by atomic mass is 10.1. The van der Waals surface area contributed by atoms with Crippen molar-refractivity contribution in [2.24, 2.45) is 0 Å². The molecule has 1 atom stereocenters. The zero-order valence-corrected chi connectivity index (χ0v) is 11.8. The van der Waals surface area contributed by atoms with E-state index in [4.69, 9.17) is 4.74 Å². The molecule has 20 heavy (non-hydrogen) atoms. The maximum absolute atomic E-state index is 12.6. The predicted octanol–water partition coefficient (Wildman–Crippen LogP) is 1.77. The molecule has 1 saturated heterocycles. The first-order valence-electron chi connectivity index (χ1n) is 7.27. The first kappa shape index (κ1) is 13.2. The van der Waals surface area contributed by atoms with E-state index in [9.17, 15) is 4.79 Å². The number of fused-ring (bicyclic) bond motifs is 1. The summed E-state index contributed by atoms with van der Waals surface area (Å²) in [5.74, 6) is 0.0949. The van der Waals surface area contributed by atoms with Gasteiger partial charge in [-0.15, -0.1) is 0 Å². The van der Waals surface area contributed by atoms with Crippen LogP contribution in [0.3, 0.4) is 0 Å². The monoisotopic (exact) mass is 275 g/mol. The van der Waals surface area contributed by atoms with Gasteiger partial charge in [0.05, 0.1) is 17.5 Å². The molecule has 108 valence electrons. The van der Waals surface area contributed by atoms with Crippen LogP contribution < -0.4 is 10.6 Å². The molecule has 0 saturated carbocycles. The fraction of sp³-hybridized carbons (Fsp3) is 0.533. The van der Waals surface area contributed by atoms with E-state index in [1.54, 1.807) is 0 Å². The minimum atomic E-state index is 0.0949. The predicted molar refractivity (Wildman–Crippen MR) is 79.4 cm³/mol. The number of nitrogens with zero attached hydrogens (tertiary/aromatic N) is 1. The smallest absolute Gasteiger partial charge is 0.254 e. The Balaban J connectivity index is 1.79. The van der Waals surface area contributed by atoms with Gasteiger partial charge in [0.15, 0.2) is 0 Å². The van der Waals surface area contributed by atoms with Crippen LogP contribution in [0.1, 0.15) is 23.7 Å². The molecule has 2 N–H and O–H groups in total. The number of carbonyl (C=O) groups excluding carboxylic acids is 1. The van der Waals surface area contributed by atoms with Gasteiger partial charge in [-0.05, 0) is 31.5 Å². The molecule has 5 nitrogen and oxygen atoms in total. The SMILES string of the molecule is CC1CN(C(=O)c2ccc3c(c2)NCCN3)CCCO1. The van der Waals surface area contributed by atoms with E-state index < -0.39 is 0 Å². The molecule has 5 heteroatoms. The number of carbonyl (C=O) groups is 1. The number of benzene rings is 1. The lowest BCUT2D eigenvalue weighted by Gasteiger charge is -2.24. The van der Waals surface area contributed by atoms with Crippen LogP contribution in [0.2, 0.25) is 0 Å². The van der Waals surface area contributed by atoms with Crippen LogP contribution >= 0.6 is 0 Å². The van der Waals surface area contributed by atoms with Crippen molar-refractivity contribution in [2.45, 2.75) is 19.4 Å². The van der Waals surface area contributed by atoms with Gasteiger partial charge in [-0.25, -0.2) is 0 Å². The summed E-state index contributed by atoms with van der Waals surface area (Å²) in [6.07, 6.45) is 1.01. The Morgan fingerprint density at radius 2 is 2.10 bits per heavy atom. The topological polar surface area (TPSA) is 53.6 Å². The molecule has 2 aliphatic rings. The van der Waals surface area contributed by atoms with Crippen molar-refractivity contribution < 1.29 is 9.53 Å². The Kier molecular flexibility index (Phi) is 3.78. The lowest BCUT2D eigenvalue weighted by Crippen LogP contribution is -2.36. The summed E-state index contributed by atoms with van der Waals surface area (Å²) in [6.45, 7) is 6.00. The van der Waals surface area contributed by atoms with Crippen molar-refractivity contribution in [1.82, 2.24) is 4.90 Å². The molecule has 2 aliphatic heterocycles. The molecule has 1 amide bonds. The number of ether oxygens (including phenoxy) is 1. The summed E-state index contributed by atoms with van der Waals surface area (Å²) in [4.78, 5) is 14.5. The zero-order valence-electron chi connectivity index (χ0n) is 11.8. The van der Waals surface area contributed by atoms with E-state index in [0.29, 0.717) is 6.54 Å². The summed E-state index contributed by atoms with van der Waals surface area (Å²) in [5.41, 5.74) is 2.83. The first-order chi connectivity index (χ1) is 9.74. The van der Waals surface area contributed by atoms with Crippen molar-refractivity contribution in [3.05, 3.63) is 23.8 Å². The van der Waals surface area contributed by atoms with Crippen molar-refractivity contribution in [3.8, 4) is 0 Å².